The van der Waals surface area contributed by atoms with Crippen LogP contribution in [0.25, 0.3) is 0 Å². The normalized spacial score (nSPS) is 20.3. The van der Waals surface area contributed by atoms with Crippen molar-refractivity contribution in [1.29, 1.82) is 0 Å². The Bertz CT molecular complexity index is 415. The molecule has 2 nitrogen and oxygen atoms in total. The van der Waals surface area contributed by atoms with Gasteiger partial charge in [-0.1, -0.05) is 30.3 Å². The van der Waals surface area contributed by atoms with Gasteiger partial charge < -0.3 is 10.2 Å². The van der Waals surface area contributed by atoms with Crippen LogP contribution >= 0.6 is 11.8 Å². The number of para-hydroxylation sites is 1. The second kappa shape index (κ2) is 7.84. The maximum absolute atomic E-state index is 12.5. The average molecular weight is 300 g/mol. The van der Waals surface area contributed by atoms with Crippen molar-refractivity contribution in [2.75, 3.05) is 25.5 Å². The van der Waals surface area contributed by atoms with Gasteiger partial charge >= 0.3 is 0 Å². The van der Waals surface area contributed by atoms with Crippen LogP contribution in [0.15, 0.2) is 29.2 Å². The Morgan fingerprint density at radius 2 is 2.15 bits per heavy atom. The van der Waals surface area contributed by atoms with Crippen LogP contribution in [-0.2, 0) is 0 Å². The highest BCUT2D eigenvalue weighted by molar-refractivity contribution is 7.99. The van der Waals surface area contributed by atoms with E-state index in [-0.39, 0.29) is 0 Å². The molecule has 5 heteroatoms. The average Bonchev–Trinajstić information content (AvgIpc) is 2.42. The summed E-state index contributed by atoms with van der Waals surface area (Å²) in [5, 5.41) is 3.31. The smallest absolute Gasteiger partial charge is 0.288 e. The third kappa shape index (κ3) is 4.63. The van der Waals surface area contributed by atoms with Gasteiger partial charge in [0.25, 0.3) is 5.76 Å². The molecular weight excluding hydrogens is 278 g/mol. The van der Waals surface area contributed by atoms with Gasteiger partial charge in [-0.3, -0.25) is 0 Å². The van der Waals surface area contributed by atoms with Crippen molar-refractivity contribution in [3.8, 4) is 0 Å². The molecular formula is C15H22F2N2S. The van der Waals surface area contributed by atoms with Crippen molar-refractivity contribution >= 4 is 17.4 Å². The lowest BCUT2D eigenvalue weighted by Gasteiger charge is -2.32. The van der Waals surface area contributed by atoms with E-state index >= 15 is 0 Å². The van der Waals surface area contributed by atoms with Crippen LogP contribution in [0.4, 0.5) is 14.5 Å². The zero-order valence-electron chi connectivity index (χ0n) is 11.8. The van der Waals surface area contributed by atoms with E-state index in [0.717, 1.165) is 18.7 Å². The number of alkyl halides is 2. The number of anilines is 1. The van der Waals surface area contributed by atoms with E-state index in [1.54, 1.807) is 12.1 Å². The summed E-state index contributed by atoms with van der Waals surface area (Å²) in [6.45, 7) is 2.00. The van der Waals surface area contributed by atoms with E-state index < -0.39 is 5.76 Å². The van der Waals surface area contributed by atoms with Crippen molar-refractivity contribution in [3.63, 3.8) is 0 Å². The number of nitrogens with one attached hydrogen (secondary N) is 1. The van der Waals surface area contributed by atoms with Crippen LogP contribution < -0.4 is 5.32 Å². The molecule has 0 saturated carbocycles. The first-order chi connectivity index (χ1) is 9.66. The Morgan fingerprint density at radius 3 is 2.90 bits per heavy atom. The molecule has 0 aliphatic carbocycles. The highest BCUT2D eigenvalue weighted by Gasteiger charge is 2.18. The number of thioether (sulfide) groups is 1. The number of likely N-dealkylation sites (tertiary alicyclic amines) is 1. The van der Waals surface area contributed by atoms with Crippen LogP contribution in [0.1, 0.15) is 25.7 Å². The molecule has 20 heavy (non-hydrogen) atoms. The number of rotatable bonds is 6. The standard InChI is InChI=1S/C15H22F2N2S/c1-19-11-5-4-6-12(19)9-10-18-13-7-2-3-8-14(13)20-15(16)17/h2-3,7-8,12,15,18H,4-6,9-11H2,1H3. The van der Waals surface area contributed by atoms with Gasteiger partial charge in [0.05, 0.1) is 0 Å². The van der Waals surface area contributed by atoms with Gasteiger partial charge in [-0.05, 0) is 45.0 Å². The molecule has 1 N–H and O–H groups in total. The molecule has 112 valence electrons. The molecule has 1 atom stereocenters. The largest absolute Gasteiger partial charge is 0.384 e. The predicted octanol–water partition coefficient (Wildman–Crippen LogP) is 4.29. The van der Waals surface area contributed by atoms with Crippen LogP contribution in [0.2, 0.25) is 0 Å². The van der Waals surface area contributed by atoms with Crippen molar-refractivity contribution in [1.82, 2.24) is 4.90 Å². The van der Waals surface area contributed by atoms with E-state index in [4.69, 9.17) is 0 Å². The third-order valence-electron chi connectivity index (χ3n) is 3.82. The highest BCUT2D eigenvalue weighted by Crippen LogP contribution is 2.31. The maximum Gasteiger partial charge on any atom is 0.288 e. The summed E-state index contributed by atoms with van der Waals surface area (Å²) in [6.07, 6.45) is 4.89. The van der Waals surface area contributed by atoms with Crippen molar-refractivity contribution in [3.05, 3.63) is 24.3 Å². The van der Waals surface area contributed by atoms with Gasteiger partial charge in [0.1, 0.15) is 0 Å². The molecule has 1 unspecified atom stereocenters. The zero-order valence-corrected chi connectivity index (χ0v) is 12.6. The summed E-state index contributed by atoms with van der Waals surface area (Å²) in [5.74, 6) is -2.37. The fraction of sp³-hybridized carbons (Fsp3) is 0.600. The number of hydrogen-bond donors (Lipinski definition) is 1. The van der Waals surface area contributed by atoms with Crippen molar-refractivity contribution in [2.24, 2.45) is 0 Å². The summed E-state index contributed by atoms with van der Waals surface area (Å²) >= 11 is 0.605. The quantitative estimate of drug-likeness (QED) is 0.789. The first-order valence-electron chi connectivity index (χ1n) is 7.15. The van der Waals surface area contributed by atoms with Gasteiger partial charge in [-0.15, -0.1) is 0 Å². The van der Waals surface area contributed by atoms with Crippen molar-refractivity contribution in [2.45, 2.75) is 42.4 Å². The van der Waals surface area contributed by atoms with Gasteiger partial charge in [-0.25, -0.2) is 0 Å². The lowest BCUT2D eigenvalue weighted by Crippen LogP contribution is -2.37. The topological polar surface area (TPSA) is 15.3 Å². The fourth-order valence-electron chi connectivity index (χ4n) is 2.69. The first kappa shape index (κ1) is 15.6. The summed E-state index contributed by atoms with van der Waals surface area (Å²) in [5.41, 5.74) is 0.816. The maximum atomic E-state index is 12.5. The number of piperidine rings is 1. The van der Waals surface area contributed by atoms with E-state index in [0.29, 0.717) is 22.7 Å². The SMILES string of the molecule is CN1CCCCC1CCNc1ccccc1SC(F)F. The van der Waals surface area contributed by atoms with E-state index in [2.05, 4.69) is 17.3 Å². The minimum Gasteiger partial charge on any atom is -0.384 e. The molecule has 1 saturated heterocycles. The Balaban J connectivity index is 1.84. The second-order valence-electron chi connectivity index (χ2n) is 5.22. The number of benzene rings is 1. The van der Waals surface area contributed by atoms with Gasteiger partial charge in [0.2, 0.25) is 0 Å². The third-order valence-corrected chi connectivity index (χ3v) is 4.61. The van der Waals surface area contributed by atoms with Crippen LogP contribution in [-0.4, -0.2) is 36.8 Å². The minimum atomic E-state index is -2.37. The number of halogens is 2. The van der Waals surface area contributed by atoms with Gasteiger partial charge in [0.15, 0.2) is 0 Å². The summed E-state index contributed by atoms with van der Waals surface area (Å²) < 4.78 is 25.0. The Labute approximate surface area is 123 Å². The van der Waals surface area contributed by atoms with Gasteiger partial charge in [-0.2, -0.15) is 8.78 Å². The monoisotopic (exact) mass is 300 g/mol. The van der Waals surface area contributed by atoms with E-state index in [1.165, 1.54) is 25.8 Å². The molecule has 2 rings (SSSR count). The van der Waals surface area contributed by atoms with Crippen molar-refractivity contribution < 1.29 is 8.78 Å². The Kier molecular flexibility index (Phi) is 6.10. The van der Waals surface area contributed by atoms with Crippen LogP contribution in [0, 0.1) is 0 Å². The number of hydrogen-bond acceptors (Lipinski definition) is 3. The lowest BCUT2D eigenvalue weighted by atomic mass is 10.0. The predicted molar refractivity (Wildman–Crippen MR) is 81.7 cm³/mol. The summed E-state index contributed by atoms with van der Waals surface area (Å²) in [4.78, 5) is 3.03. The molecule has 0 aromatic heterocycles. The van der Waals surface area contributed by atoms with E-state index in [1.807, 2.05) is 12.1 Å². The molecule has 1 heterocycles. The van der Waals surface area contributed by atoms with Gasteiger partial charge in [0, 0.05) is 23.2 Å². The van der Waals surface area contributed by atoms with E-state index in [9.17, 15) is 8.78 Å². The Morgan fingerprint density at radius 1 is 1.35 bits per heavy atom. The molecule has 0 spiro atoms. The molecule has 0 amide bonds. The molecule has 1 aliphatic heterocycles. The first-order valence-corrected chi connectivity index (χ1v) is 8.02. The molecule has 0 bridgehead atoms. The zero-order chi connectivity index (χ0) is 14.4. The highest BCUT2D eigenvalue weighted by atomic mass is 32.2. The molecule has 1 fully saturated rings. The molecule has 1 aromatic carbocycles. The summed E-state index contributed by atoms with van der Waals surface area (Å²) in [7, 11) is 2.17. The molecule has 0 radical (unpaired) electrons. The fourth-order valence-corrected chi connectivity index (χ4v) is 3.31. The van der Waals surface area contributed by atoms with Crippen LogP contribution in [0.5, 0.6) is 0 Å². The van der Waals surface area contributed by atoms with Crippen LogP contribution in [0.3, 0.4) is 0 Å². The lowest BCUT2D eigenvalue weighted by molar-refractivity contribution is 0.179. The molecule has 1 aliphatic rings. The number of nitrogens with zero attached hydrogens (tertiary/aromatic N) is 1. The minimum absolute atomic E-state index is 0.605. The Hall–Kier alpha value is -0.810. The summed E-state index contributed by atoms with van der Waals surface area (Å²) in [6, 6.07) is 7.91. The molecule has 1 aromatic rings. The second-order valence-corrected chi connectivity index (χ2v) is 6.25.